The van der Waals surface area contributed by atoms with Crippen LogP contribution < -0.4 is 21.5 Å². The normalized spacial score (nSPS) is 10.9. The number of rotatable bonds is 7. The minimum absolute atomic E-state index is 0.0692. The fourth-order valence-electron chi connectivity index (χ4n) is 2.55. The summed E-state index contributed by atoms with van der Waals surface area (Å²) in [6.45, 7) is 0.886. The highest BCUT2D eigenvalue weighted by atomic mass is 16.5. The van der Waals surface area contributed by atoms with Gasteiger partial charge in [0.05, 0.1) is 13.2 Å². The van der Waals surface area contributed by atoms with E-state index in [0.717, 1.165) is 5.56 Å². The second-order valence-electron chi connectivity index (χ2n) is 5.72. The summed E-state index contributed by atoms with van der Waals surface area (Å²) in [6, 6.07) is 7.00. The molecular formula is C17H20N6O4. The molecule has 142 valence electrons. The van der Waals surface area contributed by atoms with Gasteiger partial charge in [-0.3, -0.25) is 9.36 Å². The molecule has 2 aromatic heterocycles. The Kier molecular flexibility index (Phi) is 5.36. The minimum Gasteiger partial charge on any atom is -0.461 e. The standard InChI is InChI=1S/C17H20N6O4/c1-19-15(24)11-5-3-10(4-6-11)9-23-14-12(20-17(23)25)13(18)21-16(22-14)27-8-7-26-2/h3-6H,7-9H2,1-2H3,(H,19,24)(H,20,25)(H2,18,21,22). The number of ether oxygens (including phenoxy) is 2. The molecule has 0 saturated heterocycles. The number of fused-ring (bicyclic) bond motifs is 1. The van der Waals surface area contributed by atoms with E-state index in [-0.39, 0.29) is 36.6 Å². The maximum atomic E-state index is 12.3. The molecule has 0 aliphatic rings. The van der Waals surface area contributed by atoms with E-state index in [4.69, 9.17) is 15.2 Å². The number of anilines is 1. The summed E-state index contributed by atoms with van der Waals surface area (Å²) in [5, 5.41) is 2.56. The van der Waals surface area contributed by atoms with Crippen LogP contribution in [0.25, 0.3) is 11.2 Å². The van der Waals surface area contributed by atoms with Gasteiger partial charge in [-0.1, -0.05) is 12.1 Å². The molecule has 0 saturated carbocycles. The van der Waals surface area contributed by atoms with Crippen molar-refractivity contribution in [2.24, 2.45) is 0 Å². The molecule has 0 unspecified atom stereocenters. The molecule has 0 fully saturated rings. The Labute approximate surface area is 154 Å². The van der Waals surface area contributed by atoms with Crippen molar-refractivity contribution in [2.75, 3.05) is 33.1 Å². The fourth-order valence-corrected chi connectivity index (χ4v) is 2.55. The molecule has 0 atom stereocenters. The number of carbonyl (C=O) groups excluding carboxylic acids is 1. The maximum absolute atomic E-state index is 12.3. The number of nitrogens with two attached hydrogens (primary N) is 1. The summed E-state index contributed by atoms with van der Waals surface area (Å²) in [6.07, 6.45) is 0. The fraction of sp³-hybridized carbons (Fsp3) is 0.294. The van der Waals surface area contributed by atoms with E-state index in [1.54, 1.807) is 38.4 Å². The predicted molar refractivity (Wildman–Crippen MR) is 98.9 cm³/mol. The summed E-state index contributed by atoms with van der Waals surface area (Å²) >= 11 is 0. The van der Waals surface area contributed by atoms with Crippen LogP contribution in [0.4, 0.5) is 5.82 Å². The molecule has 3 aromatic rings. The molecular weight excluding hydrogens is 352 g/mol. The quantitative estimate of drug-likeness (QED) is 0.501. The van der Waals surface area contributed by atoms with Crippen LogP contribution in [-0.2, 0) is 11.3 Å². The lowest BCUT2D eigenvalue weighted by Gasteiger charge is -2.07. The highest BCUT2D eigenvalue weighted by molar-refractivity contribution is 5.93. The number of hydrogen-bond donors (Lipinski definition) is 3. The van der Waals surface area contributed by atoms with Gasteiger partial charge in [0, 0.05) is 19.7 Å². The molecule has 0 spiro atoms. The monoisotopic (exact) mass is 372 g/mol. The molecule has 10 nitrogen and oxygen atoms in total. The highest BCUT2D eigenvalue weighted by Gasteiger charge is 2.15. The number of methoxy groups -OCH3 is 1. The van der Waals surface area contributed by atoms with Gasteiger partial charge in [0.25, 0.3) is 5.91 Å². The zero-order valence-corrected chi connectivity index (χ0v) is 15.0. The van der Waals surface area contributed by atoms with Gasteiger partial charge in [-0.2, -0.15) is 9.97 Å². The van der Waals surface area contributed by atoms with E-state index >= 15 is 0 Å². The smallest absolute Gasteiger partial charge is 0.328 e. The van der Waals surface area contributed by atoms with Crippen LogP contribution in [0.15, 0.2) is 29.1 Å². The predicted octanol–water partition coefficient (Wildman–Crippen LogP) is 0.135. The average molecular weight is 372 g/mol. The molecule has 0 radical (unpaired) electrons. The van der Waals surface area contributed by atoms with Crippen LogP contribution in [0.3, 0.4) is 0 Å². The number of benzene rings is 1. The molecule has 2 heterocycles. The Bertz CT molecular complexity index is 1010. The van der Waals surface area contributed by atoms with Crippen molar-refractivity contribution in [1.29, 1.82) is 0 Å². The van der Waals surface area contributed by atoms with Crippen molar-refractivity contribution in [3.63, 3.8) is 0 Å². The van der Waals surface area contributed by atoms with Crippen LogP contribution in [0, 0.1) is 0 Å². The van der Waals surface area contributed by atoms with Crippen LogP contribution in [0.5, 0.6) is 6.01 Å². The lowest BCUT2D eigenvalue weighted by atomic mass is 10.1. The third kappa shape index (κ3) is 3.90. The minimum atomic E-state index is -0.365. The number of nitrogen functional groups attached to an aromatic ring is 1. The lowest BCUT2D eigenvalue weighted by molar-refractivity contribution is 0.0963. The van der Waals surface area contributed by atoms with Gasteiger partial charge in [0.15, 0.2) is 11.5 Å². The lowest BCUT2D eigenvalue weighted by Crippen LogP contribution is -2.19. The SMILES string of the molecule is CNC(=O)c1ccc(Cn2c(=O)[nH]c3c(N)nc(OCCOC)nc32)cc1. The van der Waals surface area contributed by atoms with Crippen molar-refractivity contribution < 1.29 is 14.3 Å². The average Bonchev–Trinajstić information content (AvgIpc) is 2.98. The Morgan fingerprint density at radius 2 is 2.00 bits per heavy atom. The largest absolute Gasteiger partial charge is 0.461 e. The van der Waals surface area contributed by atoms with Gasteiger partial charge in [-0.05, 0) is 17.7 Å². The first-order valence-corrected chi connectivity index (χ1v) is 8.22. The third-order valence-corrected chi connectivity index (χ3v) is 3.93. The second kappa shape index (κ2) is 7.87. The second-order valence-corrected chi connectivity index (χ2v) is 5.72. The van der Waals surface area contributed by atoms with E-state index in [0.29, 0.717) is 23.3 Å². The zero-order chi connectivity index (χ0) is 19.4. The van der Waals surface area contributed by atoms with Crippen LogP contribution in [0.1, 0.15) is 15.9 Å². The van der Waals surface area contributed by atoms with Crippen LogP contribution >= 0.6 is 0 Å². The Balaban J connectivity index is 1.92. The number of aromatic amines is 1. The first-order chi connectivity index (χ1) is 13.0. The molecule has 0 aliphatic carbocycles. The number of H-pyrrole nitrogens is 1. The number of nitrogens with zero attached hydrogens (tertiary/aromatic N) is 3. The molecule has 1 amide bonds. The topological polar surface area (TPSA) is 137 Å². The Morgan fingerprint density at radius 3 is 2.67 bits per heavy atom. The van der Waals surface area contributed by atoms with E-state index in [1.165, 1.54) is 4.57 Å². The van der Waals surface area contributed by atoms with Crippen LogP contribution in [-0.4, -0.2) is 52.8 Å². The molecule has 3 rings (SSSR count). The molecule has 10 heteroatoms. The van der Waals surface area contributed by atoms with E-state index in [9.17, 15) is 9.59 Å². The first kappa shape index (κ1) is 18.4. The maximum Gasteiger partial charge on any atom is 0.328 e. The molecule has 0 aliphatic heterocycles. The summed E-state index contributed by atoms with van der Waals surface area (Å²) in [5.74, 6) is -0.0533. The van der Waals surface area contributed by atoms with Gasteiger partial charge in [0.2, 0.25) is 0 Å². The number of amides is 1. The van der Waals surface area contributed by atoms with Crippen molar-refractivity contribution in [1.82, 2.24) is 24.8 Å². The number of nitrogens with one attached hydrogen (secondary N) is 2. The highest BCUT2D eigenvalue weighted by Crippen LogP contribution is 2.18. The van der Waals surface area contributed by atoms with Gasteiger partial charge >= 0.3 is 11.7 Å². The van der Waals surface area contributed by atoms with Gasteiger partial charge < -0.3 is 25.5 Å². The Morgan fingerprint density at radius 1 is 1.26 bits per heavy atom. The number of aromatic nitrogens is 4. The molecule has 1 aromatic carbocycles. The first-order valence-electron chi connectivity index (χ1n) is 8.22. The number of carbonyl (C=O) groups is 1. The Hall–Kier alpha value is -3.40. The third-order valence-electron chi connectivity index (χ3n) is 3.93. The summed E-state index contributed by atoms with van der Waals surface area (Å²) in [5.41, 5.74) is 7.60. The summed E-state index contributed by atoms with van der Waals surface area (Å²) in [7, 11) is 3.12. The summed E-state index contributed by atoms with van der Waals surface area (Å²) in [4.78, 5) is 35.0. The molecule has 27 heavy (non-hydrogen) atoms. The van der Waals surface area contributed by atoms with Crippen LogP contribution in [0.2, 0.25) is 0 Å². The van der Waals surface area contributed by atoms with Gasteiger partial charge in [0.1, 0.15) is 12.1 Å². The molecule has 0 bridgehead atoms. The van der Waals surface area contributed by atoms with Crippen molar-refractivity contribution >= 4 is 22.9 Å². The number of imidazole rings is 1. The van der Waals surface area contributed by atoms with E-state index in [1.807, 2.05) is 0 Å². The van der Waals surface area contributed by atoms with Gasteiger partial charge in [-0.25, -0.2) is 4.79 Å². The van der Waals surface area contributed by atoms with E-state index < -0.39 is 0 Å². The van der Waals surface area contributed by atoms with Crippen molar-refractivity contribution in [3.8, 4) is 6.01 Å². The zero-order valence-electron chi connectivity index (χ0n) is 15.0. The van der Waals surface area contributed by atoms with Crippen molar-refractivity contribution in [3.05, 3.63) is 45.9 Å². The number of hydrogen-bond acceptors (Lipinski definition) is 7. The van der Waals surface area contributed by atoms with Gasteiger partial charge in [-0.15, -0.1) is 0 Å². The summed E-state index contributed by atoms with van der Waals surface area (Å²) < 4.78 is 11.8. The molecule has 4 N–H and O–H groups in total. The van der Waals surface area contributed by atoms with Crippen molar-refractivity contribution in [2.45, 2.75) is 6.54 Å². The van der Waals surface area contributed by atoms with E-state index in [2.05, 4.69) is 20.3 Å².